The smallest absolute Gasteiger partial charge is 0.339 e. The molecule has 0 heterocycles. The summed E-state index contributed by atoms with van der Waals surface area (Å²) < 4.78 is 29.5. The van der Waals surface area contributed by atoms with E-state index < -0.39 is 10.1 Å². The normalized spacial score (nSPS) is 11.8. The number of benzene rings is 2. The first kappa shape index (κ1) is 16.6. The van der Waals surface area contributed by atoms with Crippen LogP contribution in [0.2, 0.25) is 10.0 Å². The molecule has 1 N–H and O–H groups in total. The summed E-state index contributed by atoms with van der Waals surface area (Å²) in [6.45, 7) is 1.84. The lowest BCUT2D eigenvalue weighted by Crippen LogP contribution is -2.10. The minimum absolute atomic E-state index is 0.00812. The van der Waals surface area contributed by atoms with Gasteiger partial charge in [0.25, 0.3) is 0 Å². The SMILES string of the molecule is Cc1ccc(S(=O)(=O)Oc2c(Cl)cc(/C=N\O)cc2Cl)cc1. The third-order valence-electron chi connectivity index (χ3n) is 2.73. The molecular weight excluding hydrogens is 349 g/mol. The summed E-state index contributed by atoms with van der Waals surface area (Å²) in [7, 11) is -4.05. The molecule has 2 aromatic rings. The molecule has 0 aromatic heterocycles. The topological polar surface area (TPSA) is 76.0 Å². The van der Waals surface area contributed by atoms with Crippen molar-refractivity contribution in [2.45, 2.75) is 11.8 Å². The predicted molar refractivity (Wildman–Crippen MR) is 84.8 cm³/mol. The van der Waals surface area contributed by atoms with E-state index in [-0.39, 0.29) is 20.7 Å². The van der Waals surface area contributed by atoms with Crippen LogP contribution in [0.25, 0.3) is 0 Å². The summed E-state index contributed by atoms with van der Waals surface area (Å²) in [4.78, 5) is -0.00812. The maximum Gasteiger partial charge on any atom is 0.339 e. The highest BCUT2D eigenvalue weighted by Crippen LogP contribution is 2.35. The van der Waals surface area contributed by atoms with Crippen LogP contribution in [0.5, 0.6) is 5.75 Å². The van der Waals surface area contributed by atoms with E-state index >= 15 is 0 Å². The van der Waals surface area contributed by atoms with Crippen molar-refractivity contribution in [3.63, 3.8) is 0 Å². The van der Waals surface area contributed by atoms with E-state index in [4.69, 9.17) is 32.6 Å². The second-order valence-electron chi connectivity index (χ2n) is 4.41. The van der Waals surface area contributed by atoms with Gasteiger partial charge in [0.2, 0.25) is 0 Å². The third-order valence-corrected chi connectivity index (χ3v) is 4.53. The molecule has 0 aliphatic heterocycles. The summed E-state index contributed by atoms with van der Waals surface area (Å²) in [6.07, 6.45) is 1.11. The van der Waals surface area contributed by atoms with Gasteiger partial charge in [-0.05, 0) is 36.8 Å². The van der Waals surface area contributed by atoms with Crippen molar-refractivity contribution in [2.24, 2.45) is 5.16 Å². The monoisotopic (exact) mass is 359 g/mol. The highest BCUT2D eigenvalue weighted by molar-refractivity contribution is 7.87. The lowest BCUT2D eigenvalue weighted by Gasteiger charge is -2.11. The van der Waals surface area contributed by atoms with Crippen molar-refractivity contribution in [2.75, 3.05) is 0 Å². The highest BCUT2D eigenvalue weighted by Gasteiger charge is 2.20. The third kappa shape index (κ3) is 3.71. The van der Waals surface area contributed by atoms with Gasteiger partial charge in [-0.1, -0.05) is 46.1 Å². The average Bonchev–Trinajstić information content (AvgIpc) is 2.44. The van der Waals surface area contributed by atoms with Crippen molar-refractivity contribution in [1.82, 2.24) is 0 Å². The van der Waals surface area contributed by atoms with Gasteiger partial charge in [0.1, 0.15) is 4.90 Å². The molecule has 2 aromatic carbocycles. The first-order valence-electron chi connectivity index (χ1n) is 6.01. The van der Waals surface area contributed by atoms with Gasteiger partial charge in [0, 0.05) is 0 Å². The van der Waals surface area contributed by atoms with Crippen LogP contribution in [0.15, 0.2) is 46.4 Å². The Kier molecular flexibility index (Phi) is 4.95. The van der Waals surface area contributed by atoms with Crippen LogP contribution in [-0.2, 0) is 10.1 Å². The van der Waals surface area contributed by atoms with Crippen molar-refractivity contribution < 1.29 is 17.8 Å². The van der Waals surface area contributed by atoms with E-state index in [0.717, 1.165) is 11.8 Å². The van der Waals surface area contributed by atoms with Crippen molar-refractivity contribution in [1.29, 1.82) is 0 Å². The van der Waals surface area contributed by atoms with Crippen molar-refractivity contribution >= 4 is 39.5 Å². The molecule has 5 nitrogen and oxygen atoms in total. The molecule has 2 rings (SSSR count). The fourth-order valence-electron chi connectivity index (χ4n) is 1.66. The highest BCUT2D eigenvalue weighted by atomic mass is 35.5. The molecule has 0 bridgehead atoms. The van der Waals surface area contributed by atoms with E-state index in [1.54, 1.807) is 12.1 Å². The van der Waals surface area contributed by atoms with E-state index in [1.807, 2.05) is 6.92 Å². The van der Waals surface area contributed by atoms with Gasteiger partial charge in [-0.2, -0.15) is 8.42 Å². The Bertz CT molecular complexity index is 794. The van der Waals surface area contributed by atoms with Crippen LogP contribution in [0.3, 0.4) is 0 Å². The molecule has 0 saturated carbocycles. The zero-order valence-electron chi connectivity index (χ0n) is 11.3. The second kappa shape index (κ2) is 6.56. The van der Waals surface area contributed by atoms with Gasteiger partial charge >= 0.3 is 10.1 Å². The summed E-state index contributed by atoms with van der Waals surface area (Å²) >= 11 is 11.9. The molecule has 0 spiro atoms. The minimum atomic E-state index is -4.05. The Hall–Kier alpha value is -1.76. The zero-order chi connectivity index (χ0) is 16.3. The zero-order valence-corrected chi connectivity index (χ0v) is 13.7. The largest absolute Gasteiger partial charge is 0.411 e. The first-order chi connectivity index (χ1) is 10.3. The summed E-state index contributed by atoms with van der Waals surface area (Å²) in [5.74, 6) is -0.181. The van der Waals surface area contributed by atoms with Crippen LogP contribution < -0.4 is 4.18 Å². The van der Waals surface area contributed by atoms with Crippen molar-refractivity contribution in [3.05, 3.63) is 57.6 Å². The Morgan fingerprint density at radius 2 is 1.68 bits per heavy atom. The molecule has 0 saturated heterocycles. The van der Waals surface area contributed by atoms with E-state index in [1.165, 1.54) is 24.3 Å². The Labute approximate surface area is 137 Å². The molecule has 0 unspecified atom stereocenters. The van der Waals surface area contributed by atoms with Gasteiger partial charge in [0.15, 0.2) is 5.75 Å². The Balaban J connectivity index is 2.39. The Morgan fingerprint density at radius 3 is 2.18 bits per heavy atom. The maximum absolute atomic E-state index is 12.2. The lowest BCUT2D eigenvalue weighted by molar-refractivity contribution is 0.322. The second-order valence-corrected chi connectivity index (χ2v) is 6.77. The van der Waals surface area contributed by atoms with Crippen LogP contribution in [0, 0.1) is 6.92 Å². The first-order valence-corrected chi connectivity index (χ1v) is 8.17. The molecule has 0 radical (unpaired) electrons. The number of aryl methyl sites for hydroxylation is 1. The molecule has 22 heavy (non-hydrogen) atoms. The number of hydrogen-bond donors (Lipinski definition) is 1. The molecule has 0 aliphatic carbocycles. The number of oxime groups is 1. The van der Waals surface area contributed by atoms with Crippen LogP contribution in [0.1, 0.15) is 11.1 Å². The quantitative estimate of drug-likeness (QED) is 0.389. The summed E-state index contributed by atoms with van der Waals surface area (Å²) in [5, 5.41) is 11.3. The molecule has 0 aliphatic rings. The summed E-state index contributed by atoms with van der Waals surface area (Å²) in [5.41, 5.74) is 1.32. The van der Waals surface area contributed by atoms with Crippen LogP contribution in [-0.4, -0.2) is 19.8 Å². The van der Waals surface area contributed by atoms with Gasteiger partial charge in [0.05, 0.1) is 16.3 Å². The maximum atomic E-state index is 12.2. The van der Waals surface area contributed by atoms with Gasteiger partial charge in [-0.15, -0.1) is 0 Å². The van der Waals surface area contributed by atoms with Gasteiger partial charge < -0.3 is 9.39 Å². The standard InChI is InChI=1S/C14H11Cl2NO4S/c1-9-2-4-11(5-3-9)22(19,20)21-14-12(15)6-10(8-17-18)7-13(14)16/h2-8,18H,1H3/b17-8-. The number of hydrogen-bond acceptors (Lipinski definition) is 5. The molecule has 0 amide bonds. The molecule has 0 atom stereocenters. The average molecular weight is 360 g/mol. The fraction of sp³-hybridized carbons (Fsp3) is 0.0714. The van der Waals surface area contributed by atoms with Crippen molar-refractivity contribution in [3.8, 4) is 5.75 Å². The molecule has 116 valence electrons. The lowest BCUT2D eigenvalue weighted by atomic mass is 10.2. The molecular formula is C14H11Cl2NO4S. The minimum Gasteiger partial charge on any atom is -0.411 e. The van der Waals surface area contributed by atoms with Gasteiger partial charge in [-0.3, -0.25) is 0 Å². The van der Waals surface area contributed by atoms with Gasteiger partial charge in [-0.25, -0.2) is 0 Å². The molecule has 0 fully saturated rings. The predicted octanol–water partition coefficient (Wildman–Crippen LogP) is 3.88. The number of nitrogens with zero attached hydrogens (tertiary/aromatic N) is 1. The van der Waals surface area contributed by atoms with E-state index in [2.05, 4.69) is 5.16 Å². The summed E-state index contributed by atoms with van der Waals surface area (Å²) in [6, 6.07) is 8.90. The number of halogens is 2. The van der Waals surface area contributed by atoms with Crippen LogP contribution >= 0.6 is 23.2 Å². The van der Waals surface area contributed by atoms with Crippen LogP contribution in [0.4, 0.5) is 0 Å². The number of rotatable bonds is 4. The fourth-order valence-corrected chi connectivity index (χ4v) is 3.30. The van der Waals surface area contributed by atoms with E-state index in [9.17, 15) is 8.42 Å². The molecule has 8 heteroatoms. The van der Waals surface area contributed by atoms with E-state index in [0.29, 0.717) is 5.56 Å². The Morgan fingerprint density at radius 1 is 1.14 bits per heavy atom.